The smallest absolute Gasteiger partial charge is 0.224 e. The van der Waals surface area contributed by atoms with E-state index in [1.165, 1.54) is 0 Å². The molecular weight excluding hydrogens is 252 g/mol. The molecule has 1 unspecified atom stereocenters. The summed E-state index contributed by atoms with van der Waals surface area (Å²) in [4.78, 5) is 8.96. The maximum Gasteiger partial charge on any atom is 0.224 e. The first-order chi connectivity index (χ1) is 9.61. The van der Waals surface area contributed by atoms with E-state index in [0.717, 1.165) is 23.1 Å². The van der Waals surface area contributed by atoms with E-state index >= 15 is 0 Å². The standard InChI is InChI=1S/C15H22N4O/c1-4-15(2,9-10-20)19-13-11-7-5-6-8-12(11)17-14(16-3)18-13/h5-8,20H,4,9-10H2,1-3H3,(H2,16,17,18,19). The predicted molar refractivity (Wildman–Crippen MR) is 83.1 cm³/mol. The fraction of sp³-hybridized carbons (Fsp3) is 0.467. The lowest BCUT2D eigenvalue weighted by atomic mass is 9.94. The maximum atomic E-state index is 9.24. The second-order valence-electron chi connectivity index (χ2n) is 5.18. The molecule has 0 saturated carbocycles. The van der Waals surface area contributed by atoms with Crippen LogP contribution in [0, 0.1) is 0 Å². The average Bonchev–Trinajstić information content (AvgIpc) is 2.47. The van der Waals surface area contributed by atoms with E-state index in [9.17, 15) is 5.11 Å². The van der Waals surface area contributed by atoms with Crippen molar-refractivity contribution in [2.75, 3.05) is 24.3 Å². The number of anilines is 2. The minimum absolute atomic E-state index is 0.152. The van der Waals surface area contributed by atoms with Gasteiger partial charge in [-0.25, -0.2) is 4.98 Å². The van der Waals surface area contributed by atoms with E-state index < -0.39 is 0 Å². The van der Waals surface area contributed by atoms with Crippen molar-refractivity contribution in [3.05, 3.63) is 24.3 Å². The van der Waals surface area contributed by atoms with Crippen molar-refractivity contribution in [1.82, 2.24) is 9.97 Å². The molecule has 0 saturated heterocycles. The van der Waals surface area contributed by atoms with Gasteiger partial charge >= 0.3 is 0 Å². The molecule has 1 aromatic carbocycles. The van der Waals surface area contributed by atoms with E-state index in [1.54, 1.807) is 7.05 Å². The quantitative estimate of drug-likeness (QED) is 0.755. The fourth-order valence-electron chi connectivity index (χ4n) is 2.14. The maximum absolute atomic E-state index is 9.24. The molecule has 0 aliphatic rings. The number of aliphatic hydroxyl groups excluding tert-OH is 1. The Morgan fingerprint density at radius 3 is 2.65 bits per heavy atom. The van der Waals surface area contributed by atoms with Gasteiger partial charge in [-0.2, -0.15) is 4.98 Å². The first kappa shape index (κ1) is 14.5. The summed E-state index contributed by atoms with van der Waals surface area (Å²) in [5.74, 6) is 1.39. The van der Waals surface area contributed by atoms with Crippen LogP contribution in [0.5, 0.6) is 0 Å². The lowest BCUT2D eigenvalue weighted by Gasteiger charge is -2.30. The fourth-order valence-corrected chi connectivity index (χ4v) is 2.14. The van der Waals surface area contributed by atoms with Crippen LogP contribution in [0.2, 0.25) is 0 Å². The van der Waals surface area contributed by atoms with Crippen molar-refractivity contribution in [2.24, 2.45) is 0 Å². The van der Waals surface area contributed by atoms with Crippen LogP contribution >= 0.6 is 0 Å². The van der Waals surface area contributed by atoms with Gasteiger partial charge in [0.1, 0.15) is 5.82 Å². The van der Waals surface area contributed by atoms with E-state index in [0.29, 0.717) is 12.4 Å². The third-order valence-corrected chi connectivity index (χ3v) is 3.69. The number of benzene rings is 1. The number of rotatable bonds is 6. The van der Waals surface area contributed by atoms with Crippen LogP contribution < -0.4 is 10.6 Å². The van der Waals surface area contributed by atoms with Crippen LogP contribution in [0.25, 0.3) is 10.9 Å². The number of aliphatic hydroxyl groups is 1. The summed E-state index contributed by atoms with van der Waals surface area (Å²) in [5.41, 5.74) is 0.716. The van der Waals surface area contributed by atoms with Gasteiger partial charge in [0.15, 0.2) is 0 Å². The van der Waals surface area contributed by atoms with Gasteiger partial charge in [0, 0.05) is 24.6 Å². The SMILES string of the molecule is CCC(C)(CCO)Nc1nc(NC)nc2ccccc12. The lowest BCUT2D eigenvalue weighted by Crippen LogP contribution is -2.35. The van der Waals surface area contributed by atoms with Gasteiger partial charge in [0.2, 0.25) is 5.95 Å². The molecule has 3 N–H and O–H groups in total. The number of nitrogens with zero attached hydrogens (tertiary/aromatic N) is 2. The molecule has 1 heterocycles. The summed E-state index contributed by atoms with van der Waals surface area (Å²) in [6.07, 6.45) is 1.58. The summed E-state index contributed by atoms with van der Waals surface area (Å²) < 4.78 is 0. The second-order valence-corrected chi connectivity index (χ2v) is 5.18. The molecule has 0 aliphatic heterocycles. The third-order valence-electron chi connectivity index (χ3n) is 3.69. The monoisotopic (exact) mass is 274 g/mol. The topological polar surface area (TPSA) is 70.1 Å². The highest BCUT2D eigenvalue weighted by Gasteiger charge is 2.23. The van der Waals surface area contributed by atoms with E-state index in [4.69, 9.17) is 0 Å². The number of aromatic nitrogens is 2. The normalized spacial score (nSPS) is 14.0. The highest BCUT2D eigenvalue weighted by Crippen LogP contribution is 2.27. The van der Waals surface area contributed by atoms with Gasteiger partial charge in [-0.1, -0.05) is 19.1 Å². The van der Waals surface area contributed by atoms with Crippen LogP contribution in [0.1, 0.15) is 26.7 Å². The molecule has 20 heavy (non-hydrogen) atoms. The van der Waals surface area contributed by atoms with Gasteiger partial charge in [-0.3, -0.25) is 0 Å². The molecule has 2 rings (SSSR count). The van der Waals surface area contributed by atoms with Crippen molar-refractivity contribution in [3.63, 3.8) is 0 Å². The van der Waals surface area contributed by atoms with Crippen molar-refractivity contribution in [1.29, 1.82) is 0 Å². The first-order valence-electron chi connectivity index (χ1n) is 6.95. The average molecular weight is 274 g/mol. The molecule has 0 bridgehead atoms. The molecule has 0 radical (unpaired) electrons. The summed E-state index contributed by atoms with van der Waals surface area (Å²) >= 11 is 0. The number of hydrogen-bond donors (Lipinski definition) is 3. The van der Waals surface area contributed by atoms with Crippen LogP contribution in [-0.2, 0) is 0 Å². The van der Waals surface area contributed by atoms with Gasteiger partial charge < -0.3 is 15.7 Å². The van der Waals surface area contributed by atoms with Crippen LogP contribution in [0.3, 0.4) is 0 Å². The molecule has 5 heteroatoms. The van der Waals surface area contributed by atoms with Crippen molar-refractivity contribution in [3.8, 4) is 0 Å². The summed E-state index contributed by atoms with van der Waals surface area (Å²) in [6.45, 7) is 4.35. The summed E-state index contributed by atoms with van der Waals surface area (Å²) in [5, 5.41) is 16.7. The Morgan fingerprint density at radius 2 is 2.00 bits per heavy atom. The molecule has 0 spiro atoms. The summed E-state index contributed by atoms with van der Waals surface area (Å²) in [7, 11) is 1.81. The minimum Gasteiger partial charge on any atom is -0.396 e. The molecule has 0 aliphatic carbocycles. The van der Waals surface area contributed by atoms with Crippen LogP contribution in [0.4, 0.5) is 11.8 Å². The Balaban J connectivity index is 2.46. The molecular formula is C15H22N4O. The lowest BCUT2D eigenvalue weighted by molar-refractivity contribution is 0.252. The highest BCUT2D eigenvalue weighted by molar-refractivity contribution is 5.90. The number of hydrogen-bond acceptors (Lipinski definition) is 5. The zero-order valence-electron chi connectivity index (χ0n) is 12.3. The van der Waals surface area contributed by atoms with E-state index in [1.807, 2.05) is 24.3 Å². The Morgan fingerprint density at radius 1 is 1.25 bits per heavy atom. The Hall–Kier alpha value is -1.88. The van der Waals surface area contributed by atoms with Crippen LogP contribution in [-0.4, -0.2) is 34.3 Å². The van der Waals surface area contributed by atoms with Crippen molar-refractivity contribution < 1.29 is 5.11 Å². The molecule has 1 atom stereocenters. The Labute approximate surface area is 119 Å². The van der Waals surface area contributed by atoms with Gasteiger partial charge in [0.25, 0.3) is 0 Å². The van der Waals surface area contributed by atoms with Gasteiger partial charge in [0.05, 0.1) is 5.52 Å². The van der Waals surface area contributed by atoms with E-state index in [-0.39, 0.29) is 12.1 Å². The molecule has 108 valence electrons. The Bertz CT molecular complexity index is 587. The second kappa shape index (κ2) is 6.05. The van der Waals surface area contributed by atoms with Gasteiger partial charge in [-0.05, 0) is 31.9 Å². The molecule has 2 aromatic rings. The third kappa shape index (κ3) is 2.99. The minimum atomic E-state index is -0.184. The summed E-state index contributed by atoms with van der Waals surface area (Å²) in [6, 6.07) is 7.92. The molecule has 0 amide bonds. The molecule has 5 nitrogen and oxygen atoms in total. The Kier molecular flexibility index (Phi) is 4.39. The first-order valence-corrected chi connectivity index (χ1v) is 6.95. The van der Waals surface area contributed by atoms with Gasteiger partial charge in [-0.15, -0.1) is 0 Å². The number of fused-ring (bicyclic) bond motifs is 1. The number of nitrogens with one attached hydrogen (secondary N) is 2. The van der Waals surface area contributed by atoms with E-state index in [2.05, 4.69) is 34.4 Å². The predicted octanol–water partition coefficient (Wildman–Crippen LogP) is 2.63. The molecule has 0 fully saturated rings. The van der Waals surface area contributed by atoms with Crippen molar-refractivity contribution >= 4 is 22.7 Å². The largest absolute Gasteiger partial charge is 0.396 e. The molecule has 1 aromatic heterocycles. The zero-order valence-corrected chi connectivity index (χ0v) is 12.3. The van der Waals surface area contributed by atoms with Crippen molar-refractivity contribution in [2.45, 2.75) is 32.2 Å². The highest BCUT2D eigenvalue weighted by atomic mass is 16.3. The van der Waals surface area contributed by atoms with Crippen LogP contribution in [0.15, 0.2) is 24.3 Å². The zero-order chi connectivity index (χ0) is 14.6. The number of para-hydroxylation sites is 1.